The summed E-state index contributed by atoms with van der Waals surface area (Å²) in [6, 6.07) is 6.77. The number of hydrogen-bond acceptors (Lipinski definition) is 3. The van der Waals surface area contributed by atoms with Crippen LogP contribution in [0.15, 0.2) is 30.6 Å². The lowest BCUT2D eigenvalue weighted by Gasteiger charge is -2.19. The predicted molar refractivity (Wildman–Crippen MR) is 81.9 cm³/mol. The number of nitrogens with zero attached hydrogens (tertiary/aromatic N) is 3. The van der Waals surface area contributed by atoms with Gasteiger partial charge in [-0.25, -0.2) is 0 Å². The molecule has 1 atom stereocenters. The molecule has 4 nitrogen and oxygen atoms in total. The van der Waals surface area contributed by atoms with Gasteiger partial charge in [0, 0.05) is 38.1 Å². The molecule has 0 aliphatic carbocycles. The number of fused-ring (bicyclic) bond motifs is 1. The summed E-state index contributed by atoms with van der Waals surface area (Å²) >= 11 is 0. The molecule has 1 aromatic heterocycles. The first-order valence-corrected chi connectivity index (χ1v) is 7.24. The van der Waals surface area contributed by atoms with Crippen LogP contribution in [0.25, 0.3) is 0 Å². The van der Waals surface area contributed by atoms with E-state index in [1.54, 1.807) is 0 Å². The van der Waals surface area contributed by atoms with E-state index in [0.717, 1.165) is 25.9 Å². The zero-order valence-corrected chi connectivity index (χ0v) is 12.2. The van der Waals surface area contributed by atoms with Crippen LogP contribution in [0.1, 0.15) is 29.7 Å². The van der Waals surface area contributed by atoms with Crippen LogP contribution >= 0.6 is 0 Å². The first-order valence-electron chi connectivity index (χ1n) is 7.24. The Morgan fingerprint density at radius 3 is 2.95 bits per heavy atom. The predicted octanol–water partition coefficient (Wildman–Crippen LogP) is 2.04. The number of hydrogen-bond donors (Lipinski definition) is 1. The van der Waals surface area contributed by atoms with Gasteiger partial charge >= 0.3 is 0 Å². The minimum atomic E-state index is 0.116. The Labute approximate surface area is 120 Å². The monoisotopic (exact) mass is 270 g/mol. The summed E-state index contributed by atoms with van der Waals surface area (Å²) < 4.78 is 1.86. The Balaban J connectivity index is 1.70. The zero-order valence-electron chi connectivity index (χ0n) is 12.2. The van der Waals surface area contributed by atoms with Crippen LogP contribution in [0.3, 0.4) is 0 Å². The lowest BCUT2D eigenvalue weighted by atomic mass is 10.0. The first-order chi connectivity index (χ1) is 9.63. The molecule has 2 N–H and O–H groups in total. The highest BCUT2D eigenvalue weighted by Crippen LogP contribution is 2.30. The number of rotatable bonds is 4. The van der Waals surface area contributed by atoms with Crippen molar-refractivity contribution in [2.24, 2.45) is 12.8 Å². The highest BCUT2D eigenvalue weighted by atomic mass is 15.2. The molecule has 0 fully saturated rings. The van der Waals surface area contributed by atoms with E-state index >= 15 is 0 Å². The number of anilines is 1. The molecule has 20 heavy (non-hydrogen) atoms. The second-order valence-corrected chi connectivity index (χ2v) is 5.69. The van der Waals surface area contributed by atoms with Gasteiger partial charge in [0.05, 0.1) is 6.20 Å². The van der Waals surface area contributed by atoms with Crippen molar-refractivity contribution in [3.63, 3.8) is 0 Å². The minimum Gasteiger partial charge on any atom is -0.371 e. The third kappa shape index (κ3) is 2.56. The molecule has 0 saturated heterocycles. The summed E-state index contributed by atoms with van der Waals surface area (Å²) in [5.41, 5.74) is 11.3. The third-order valence-corrected chi connectivity index (χ3v) is 4.05. The highest BCUT2D eigenvalue weighted by molar-refractivity contribution is 5.59. The van der Waals surface area contributed by atoms with Crippen LogP contribution < -0.4 is 10.6 Å². The summed E-state index contributed by atoms with van der Waals surface area (Å²) in [6.45, 7) is 4.20. The summed E-state index contributed by atoms with van der Waals surface area (Å²) in [5.74, 6) is 0. The number of aromatic nitrogens is 2. The van der Waals surface area contributed by atoms with Crippen molar-refractivity contribution in [2.75, 3.05) is 18.0 Å². The van der Waals surface area contributed by atoms with Crippen molar-refractivity contribution in [3.8, 4) is 0 Å². The maximum absolute atomic E-state index is 5.96. The van der Waals surface area contributed by atoms with Crippen LogP contribution in [0.2, 0.25) is 0 Å². The van der Waals surface area contributed by atoms with Crippen LogP contribution in [0.4, 0.5) is 5.69 Å². The minimum absolute atomic E-state index is 0.116. The zero-order chi connectivity index (χ0) is 14.1. The molecule has 0 radical (unpaired) electrons. The molecule has 1 aliphatic rings. The fraction of sp³-hybridized carbons (Fsp3) is 0.438. The quantitative estimate of drug-likeness (QED) is 0.925. The summed E-state index contributed by atoms with van der Waals surface area (Å²) in [6.07, 6.45) is 6.22. The average molecular weight is 270 g/mol. The molecule has 0 saturated carbocycles. The summed E-state index contributed by atoms with van der Waals surface area (Å²) in [4.78, 5) is 2.47. The molecule has 2 aromatic rings. The van der Waals surface area contributed by atoms with E-state index < -0.39 is 0 Å². The highest BCUT2D eigenvalue weighted by Gasteiger charge is 2.19. The molecule has 2 heterocycles. The van der Waals surface area contributed by atoms with Gasteiger partial charge in [-0.1, -0.05) is 12.1 Å². The molecule has 0 amide bonds. The van der Waals surface area contributed by atoms with Crippen molar-refractivity contribution >= 4 is 5.69 Å². The molecule has 3 rings (SSSR count). The Morgan fingerprint density at radius 2 is 2.25 bits per heavy atom. The smallest absolute Gasteiger partial charge is 0.0522 e. The largest absolute Gasteiger partial charge is 0.371 e. The van der Waals surface area contributed by atoms with Gasteiger partial charge in [-0.2, -0.15) is 5.10 Å². The summed E-state index contributed by atoms with van der Waals surface area (Å²) in [5, 5.41) is 4.22. The van der Waals surface area contributed by atoms with Gasteiger partial charge in [0.1, 0.15) is 0 Å². The fourth-order valence-corrected chi connectivity index (χ4v) is 2.87. The molecular formula is C16H22N4. The van der Waals surface area contributed by atoms with Crippen molar-refractivity contribution in [3.05, 3.63) is 47.3 Å². The topological polar surface area (TPSA) is 47.1 Å². The molecule has 106 valence electrons. The van der Waals surface area contributed by atoms with E-state index in [9.17, 15) is 0 Å². The van der Waals surface area contributed by atoms with E-state index in [2.05, 4.69) is 34.4 Å². The standard InChI is InChI=1S/C16H22N4/c1-12(17)14-3-4-16-15(9-14)6-8-20(16)7-5-13-10-18-19(2)11-13/h3-4,9-12H,5-8,17H2,1-2H3. The normalized spacial score (nSPS) is 15.4. The summed E-state index contributed by atoms with van der Waals surface area (Å²) in [7, 11) is 1.96. The Kier molecular flexibility index (Phi) is 3.49. The van der Waals surface area contributed by atoms with Crippen molar-refractivity contribution in [1.82, 2.24) is 9.78 Å². The van der Waals surface area contributed by atoms with Crippen LogP contribution in [-0.4, -0.2) is 22.9 Å². The molecule has 4 heteroatoms. The molecule has 1 aliphatic heterocycles. The van der Waals surface area contributed by atoms with Gasteiger partial charge in [0.2, 0.25) is 0 Å². The Morgan fingerprint density at radius 1 is 1.40 bits per heavy atom. The Hall–Kier alpha value is -1.81. The van der Waals surface area contributed by atoms with E-state index in [4.69, 9.17) is 5.73 Å². The lowest BCUT2D eigenvalue weighted by molar-refractivity contribution is 0.765. The van der Waals surface area contributed by atoms with Crippen LogP contribution in [0.5, 0.6) is 0 Å². The van der Waals surface area contributed by atoms with E-state index in [1.807, 2.05) is 24.9 Å². The van der Waals surface area contributed by atoms with Gasteiger partial charge in [-0.15, -0.1) is 0 Å². The first kappa shape index (κ1) is 13.2. The second kappa shape index (κ2) is 5.29. The number of benzene rings is 1. The van der Waals surface area contributed by atoms with E-state index in [0.29, 0.717) is 0 Å². The van der Waals surface area contributed by atoms with Gasteiger partial charge < -0.3 is 10.6 Å². The van der Waals surface area contributed by atoms with Gasteiger partial charge in [0.15, 0.2) is 0 Å². The Bertz CT molecular complexity index is 600. The van der Waals surface area contributed by atoms with Crippen LogP contribution in [-0.2, 0) is 19.9 Å². The maximum atomic E-state index is 5.96. The maximum Gasteiger partial charge on any atom is 0.0522 e. The molecular weight excluding hydrogens is 248 g/mol. The van der Waals surface area contributed by atoms with Crippen molar-refractivity contribution < 1.29 is 0 Å². The fourth-order valence-electron chi connectivity index (χ4n) is 2.87. The van der Waals surface area contributed by atoms with Crippen molar-refractivity contribution in [2.45, 2.75) is 25.8 Å². The number of nitrogens with two attached hydrogens (primary N) is 1. The van der Waals surface area contributed by atoms with Crippen molar-refractivity contribution in [1.29, 1.82) is 0 Å². The van der Waals surface area contributed by atoms with E-state index in [1.165, 1.54) is 22.4 Å². The number of aryl methyl sites for hydroxylation is 1. The SMILES string of the molecule is CC(N)c1ccc2c(c1)CCN2CCc1cnn(C)c1. The van der Waals surface area contributed by atoms with Crippen LogP contribution in [0, 0.1) is 0 Å². The molecule has 0 spiro atoms. The van der Waals surface area contributed by atoms with E-state index in [-0.39, 0.29) is 6.04 Å². The third-order valence-electron chi connectivity index (χ3n) is 4.05. The molecule has 1 aromatic carbocycles. The van der Waals surface area contributed by atoms with Gasteiger partial charge in [-0.05, 0) is 42.5 Å². The second-order valence-electron chi connectivity index (χ2n) is 5.69. The average Bonchev–Trinajstić information content (AvgIpc) is 3.02. The molecule has 1 unspecified atom stereocenters. The lowest BCUT2D eigenvalue weighted by Crippen LogP contribution is -2.23. The molecule has 0 bridgehead atoms. The van der Waals surface area contributed by atoms with Gasteiger partial charge in [0.25, 0.3) is 0 Å². The van der Waals surface area contributed by atoms with Gasteiger partial charge in [-0.3, -0.25) is 4.68 Å².